The van der Waals surface area contributed by atoms with Gasteiger partial charge in [-0.15, -0.1) is 10.2 Å². The lowest BCUT2D eigenvalue weighted by atomic mass is 10.1. The molecule has 2 heterocycles. The average molecular weight is 439 g/mol. The van der Waals surface area contributed by atoms with Crippen molar-refractivity contribution in [3.63, 3.8) is 0 Å². The van der Waals surface area contributed by atoms with Crippen LogP contribution in [-0.4, -0.2) is 58.5 Å². The van der Waals surface area contributed by atoms with Gasteiger partial charge in [-0.1, -0.05) is 30.0 Å². The fraction of sp³-hybridized carbons (Fsp3) is 0.348. The smallest absolute Gasteiger partial charge is 0.196 e. The van der Waals surface area contributed by atoms with E-state index in [9.17, 15) is 4.79 Å². The van der Waals surface area contributed by atoms with Crippen molar-refractivity contribution >= 4 is 17.5 Å². The molecule has 4 rings (SSSR count). The number of ether oxygens (including phenoxy) is 2. The first-order valence-corrected chi connectivity index (χ1v) is 11.3. The van der Waals surface area contributed by atoms with Gasteiger partial charge in [0.05, 0.1) is 26.5 Å². The molecule has 0 saturated carbocycles. The van der Waals surface area contributed by atoms with Crippen LogP contribution in [0.15, 0.2) is 53.7 Å². The average Bonchev–Trinajstić information content (AvgIpc) is 3.47. The van der Waals surface area contributed by atoms with Gasteiger partial charge >= 0.3 is 0 Å². The highest BCUT2D eigenvalue weighted by atomic mass is 32.2. The second-order valence-electron chi connectivity index (χ2n) is 7.33. The maximum atomic E-state index is 12.8. The van der Waals surface area contributed by atoms with E-state index >= 15 is 0 Å². The maximum Gasteiger partial charge on any atom is 0.196 e. The van der Waals surface area contributed by atoms with E-state index in [0.717, 1.165) is 31.1 Å². The molecule has 1 saturated heterocycles. The summed E-state index contributed by atoms with van der Waals surface area (Å²) in [6.07, 6.45) is 2.45. The zero-order chi connectivity index (χ0) is 21.6. The molecule has 8 heteroatoms. The number of methoxy groups -OCH3 is 2. The van der Waals surface area contributed by atoms with Gasteiger partial charge in [0.25, 0.3) is 0 Å². The number of ketones is 1. The molecule has 0 unspecified atom stereocenters. The summed E-state index contributed by atoms with van der Waals surface area (Å²) in [4.78, 5) is 15.2. The predicted molar refractivity (Wildman–Crippen MR) is 120 cm³/mol. The van der Waals surface area contributed by atoms with Crippen molar-refractivity contribution in [3.8, 4) is 17.2 Å². The van der Waals surface area contributed by atoms with Gasteiger partial charge in [0, 0.05) is 11.3 Å². The monoisotopic (exact) mass is 438 g/mol. The van der Waals surface area contributed by atoms with Crippen LogP contribution in [0.25, 0.3) is 5.69 Å². The first-order valence-electron chi connectivity index (χ1n) is 10.3. The maximum absolute atomic E-state index is 12.8. The first-order chi connectivity index (χ1) is 15.2. The third kappa shape index (κ3) is 4.91. The Bertz CT molecular complexity index is 1030. The van der Waals surface area contributed by atoms with Crippen molar-refractivity contribution in [1.82, 2.24) is 19.7 Å². The summed E-state index contributed by atoms with van der Waals surface area (Å²) in [5.74, 6) is 2.29. The molecule has 0 bridgehead atoms. The summed E-state index contributed by atoms with van der Waals surface area (Å²) < 4.78 is 12.6. The van der Waals surface area contributed by atoms with Gasteiger partial charge in [0.15, 0.2) is 28.3 Å². The topological polar surface area (TPSA) is 69.5 Å². The van der Waals surface area contributed by atoms with Crippen molar-refractivity contribution in [2.45, 2.75) is 24.5 Å². The molecule has 31 heavy (non-hydrogen) atoms. The number of rotatable bonds is 9. The molecule has 3 aromatic rings. The highest BCUT2D eigenvalue weighted by Gasteiger charge is 2.20. The Hall–Kier alpha value is -2.84. The summed E-state index contributed by atoms with van der Waals surface area (Å²) >= 11 is 1.40. The van der Waals surface area contributed by atoms with Crippen LogP contribution in [-0.2, 0) is 6.54 Å². The molecule has 162 valence electrons. The predicted octanol–water partition coefficient (Wildman–Crippen LogP) is 3.86. The van der Waals surface area contributed by atoms with Crippen molar-refractivity contribution in [3.05, 3.63) is 59.9 Å². The molecule has 0 spiro atoms. The molecule has 7 nitrogen and oxygen atoms in total. The second-order valence-corrected chi connectivity index (χ2v) is 8.28. The second kappa shape index (κ2) is 9.98. The van der Waals surface area contributed by atoms with Crippen LogP contribution in [0.3, 0.4) is 0 Å². The Kier molecular flexibility index (Phi) is 6.89. The van der Waals surface area contributed by atoms with Crippen LogP contribution in [0.5, 0.6) is 11.5 Å². The highest BCUT2D eigenvalue weighted by molar-refractivity contribution is 7.99. The number of likely N-dealkylation sites (tertiary alicyclic amines) is 1. The molecule has 1 aromatic heterocycles. The van der Waals surface area contributed by atoms with Crippen molar-refractivity contribution in [2.24, 2.45) is 0 Å². The minimum absolute atomic E-state index is 0.00495. The van der Waals surface area contributed by atoms with E-state index in [1.807, 2.05) is 30.3 Å². The number of nitrogens with zero attached hydrogens (tertiary/aromatic N) is 4. The van der Waals surface area contributed by atoms with Crippen LogP contribution in [0.2, 0.25) is 0 Å². The van der Waals surface area contributed by atoms with Crippen molar-refractivity contribution in [2.75, 3.05) is 33.1 Å². The third-order valence-electron chi connectivity index (χ3n) is 5.32. The van der Waals surface area contributed by atoms with E-state index in [4.69, 9.17) is 9.47 Å². The molecule has 0 aliphatic carbocycles. The summed E-state index contributed by atoms with van der Waals surface area (Å²) in [6, 6.07) is 15.3. The molecular formula is C23H26N4O3S. The van der Waals surface area contributed by atoms with Gasteiger partial charge in [-0.3, -0.25) is 14.3 Å². The third-order valence-corrected chi connectivity index (χ3v) is 6.25. The Morgan fingerprint density at radius 1 is 1.00 bits per heavy atom. The summed E-state index contributed by atoms with van der Waals surface area (Å²) in [5.41, 5.74) is 1.58. The molecule has 1 aliphatic rings. The molecule has 1 fully saturated rings. The minimum atomic E-state index is -0.00495. The van der Waals surface area contributed by atoms with Gasteiger partial charge in [-0.2, -0.15) is 0 Å². The van der Waals surface area contributed by atoms with Crippen molar-refractivity contribution in [1.29, 1.82) is 0 Å². The van der Waals surface area contributed by atoms with Gasteiger partial charge < -0.3 is 9.47 Å². The Labute approximate surface area is 186 Å². The van der Waals surface area contributed by atoms with E-state index in [-0.39, 0.29) is 11.5 Å². The Morgan fingerprint density at radius 2 is 1.74 bits per heavy atom. The number of carbonyl (C=O) groups excluding carboxylic acids is 1. The Morgan fingerprint density at radius 3 is 2.45 bits per heavy atom. The normalized spacial score (nSPS) is 14.0. The quantitative estimate of drug-likeness (QED) is 0.371. The zero-order valence-electron chi connectivity index (χ0n) is 17.8. The van der Waals surface area contributed by atoms with Gasteiger partial charge in [-0.05, 0) is 56.3 Å². The lowest BCUT2D eigenvalue weighted by molar-refractivity contribution is 0.102. The van der Waals surface area contributed by atoms with E-state index in [0.29, 0.717) is 22.2 Å². The van der Waals surface area contributed by atoms with Crippen LogP contribution in [0.4, 0.5) is 0 Å². The molecule has 0 atom stereocenters. The van der Waals surface area contributed by atoms with Gasteiger partial charge in [0.2, 0.25) is 0 Å². The standard InChI is InChI=1S/C23H26N4O3S/c1-29-20-11-10-17(14-21(20)30-2)19(28)16-31-23-25-24-22(15-26-12-6-7-13-26)27(23)18-8-4-3-5-9-18/h3-5,8-11,14H,6-7,12-13,15-16H2,1-2H3. The number of thioether (sulfide) groups is 1. The Balaban J connectivity index is 1.54. The van der Waals surface area contributed by atoms with E-state index in [1.165, 1.54) is 24.6 Å². The molecule has 0 N–H and O–H groups in total. The van der Waals surface area contributed by atoms with Crippen molar-refractivity contribution < 1.29 is 14.3 Å². The lowest BCUT2D eigenvalue weighted by Gasteiger charge is -2.16. The van der Waals surface area contributed by atoms with E-state index in [1.54, 1.807) is 32.4 Å². The fourth-order valence-electron chi connectivity index (χ4n) is 3.70. The molecule has 2 aromatic carbocycles. The number of para-hydroxylation sites is 1. The largest absolute Gasteiger partial charge is 0.493 e. The highest BCUT2D eigenvalue weighted by Crippen LogP contribution is 2.29. The molecule has 0 radical (unpaired) electrons. The van der Waals surface area contributed by atoms with Crippen LogP contribution >= 0.6 is 11.8 Å². The van der Waals surface area contributed by atoms with E-state index < -0.39 is 0 Å². The summed E-state index contributed by atoms with van der Waals surface area (Å²) in [6.45, 7) is 2.93. The molecular weight excluding hydrogens is 412 g/mol. The lowest BCUT2D eigenvalue weighted by Crippen LogP contribution is -2.21. The number of benzene rings is 2. The van der Waals surface area contributed by atoms with Crippen LogP contribution in [0, 0.1) is 0 Å². The molecule has 1 aliphatic heterocycles. The zero-order valence-corrected chi connectivity index (χ0v) is 18.6. The van der Waals surface area contributed by atoms with E-state index in [2.05, 4.69) is 19.7 Å². The summed E-state index contributed by atoms with van der Waals surface area (Å²) in [7, 11) is 3.14. The minimum Gasteiger partial charge on any atom is -0.493 e. The SMILES string of the molecule is COc1ccc(C(=O)CSc2nnc(CN3CCCC3)n2-c2ccccc2)cc1OC. The number of aromatic nitrogens is 3. The number of hydrogen-bond acceptors (Lipinski definition) is 7. The van der Waals surface area contributed by atoms with Gasteiger partial charge in [-0.25, -0.2) is 0 Å². The van der Waals surface area contributed by atoms with Crippen LogP contribution in [0.1, 0.15) is 29.0 Å². The summed E-state index contributed by atoms with van der Waals surface area (Å²) in [5, 5.41) is 9.59. The fourth-order valence-corrected chi connectivity index (χ4v) is 4.56. The molecule has 0 amide bonds. The number of Topliss-reactive ketones (excluding diaryl/α,β-unsaturated/α-hetero) is 1. The number of carbonyl (C=O) groups is 1. The number of hydrogen-bond donors (Lipinski definition) is 0. The van der Waals surface area contributed by atoms with Gasteiger partial charge in [0.1, 0.15) is 0 Å². The van der Waals surface area contributed by atoms with Crippen LogP contribution < -0.4 is 9.47 Å². The first kappa shape index (κ1) is 21.4.